The molecule has 1 aromatic carbocycles. The van der Waals surface area contributed by atoms with Crippen LogP contribution in [0, 0.1) is 0 Å². The van der Waals surface area contributed by atoms with E-state index in [1.54, 1.807) is 7.11 Å². The zero-order valence-corrected chi connectivity index (χ0v) is 11.6. The number of nitrogens with two attached hydrogens (primary N) is 1. The van der Waals surface area contributed by atoms with Crippen molar-refractivity contribution in [3.63, 3.8) is 0 Å². The largest absolute Gasteiger partial charge is 0.383 e. The van der Waals surface area contributed by atoms with E-state index in [0.29, 0.717) is 0 Å². The van der Waals surface area contributed by atoms with E-state index in [-0.39, 0.29) is 6.04 Å². The second kappa shape index (κ2) is 6.23. The number of rotatable bonds is 5. The van der Waals surface area contributed by atoms with Crippen LogP contribution in [0.3, 0.4) is 0 Å². The van der Waals surface area contributed by atoms with E-state index in [1.165, 1.54) is 0 Å². The highest BCUT2D eigenvalue weighted by atomic mass is 79.9. The summed E-state index contributed by atoms with van der Waals surface area (Å²) < 4.78 is 6.11. The number of ether oxygens (including phenoxy) is 1. The van der Waals surface area contributed by atoms with Crippen molar-refractivity contribution in [3.8, 4) is 0 Å². The maximum Gasteiger partial charge on any atom is 0.0637 e. The summed E-state index contributed by atoms with van der Waals surface area (Å²) in [5, 5.41) is 0. The third-order valence-corrected chi connectivity index (χ3v) is 3.23. The highest BCUT2D eigenvalue weighted by Gasteiger charge is 2.07. The second-order valence-corrected chi connectivity index (χ2v) is 4.76. The zero-order valence-electron chi connectivity index (χ0n) is 10.0. The molecule has 0 spiro atoms. The van der Waals surface area contributed by atoms with Crippen molar-refractivity contribution in [3.05, 3.63) is 28.2 Å². The van der Waals surface area contributed by atoms with Crippen LogP contribution >= 0.6 is 15.9 Å². The molecule has 0 saturated carbocycles. The molecule has 0 aliphatic carbocycles. The van der Waals surface area contributed by atoms with Crippen molar-refractivity contribution in [2.45, 2.75) is 13.0 Å². The highest BCUT2D eigenvalue weighted by Crippen LogP contribution is 2.26. The number of anilines is 1. The van der Waals surface area contributed by atoms with Gasteiger partial charge < -0.3 is 15.4 Å². The monoisotopic (exact) mass is 286 g/mol. The van der Waals surface area contributed by atoms with Gasteiger partial charge in [0.25, 0.3) is 0 Å². The molecular weight excluding hydrogens is 268 g/mol. The number of methoxy groups -OCH3 is 1. The summed E-state index contributed by atoms with van der Waals surface area (Å²) in [5.74, 6) is 0. The van der Waals surface area contributed by atoms with Crippen LogP contribution in [-0.2, 0) is 4.74 Å². The number of halogens is 1. The minimum absolute atomic E-state index is 0.0488. The van der Waals surface area contributed by atoms with Crippen molar-refractivity contribution in [2.75, 3.05) is 32.2 Å². The average Bonchev–Trinajstić information content (AvgIpc) is 2.25. The Bertz CT molecular complexity index is 342. The van der Waals surface area contributed by atoms with Crippen molar-refractivity contribution in [1.82, 2.24) is 0 Å². The number of benzene rings is 1. The quantitative estimate of drug-likeness (QED) is 0.904. The first-order valence-electron chi connectivity index (χ1n) is 5.31. The third-order valence-electron chi connectivity index (χ3n) is 2.55. The van der Waals surface area contributed by atoms with E-state index in [0.717, 1.165) is 28.9 Å². The summed E-state index contributed by atoms with van der Waals surface area (Å²) in [6.45, 7) is 3.58. The standard InChI is InChI=1S/C12H19BrN2O/c1-9(14)11-5-4-10(8-12(11)13)15(2)6-7-16-3/h4-5,8-9H,6-7,14H2,1-3H3. The van der Waals surface area contributed by atoms with Gasteiger partial charge in [-0.15, -0.1) is 0 Å². The Morgan fingerprint density at radius 2 is 2.19 bits per heavy atom. The smallest absolute Gasteiger partial charge is 0.0637 e. The summed E-state index contributed by atoms with van der Waals surface area (Å²) in [6, 6.07) is 6.29. The predicted octanol–water partition coefficient (Wildman–Crippen LogP) is 2.55. The Labute approximate surface area is 106 Å². The molecule has 0 fully saturated rings. The Morgan fingerprint density at radius 1 is 1.50 bits per heavy atom. The fourth-order valence-electron chi connectivity index (χ4n) is 1.48. The lowest BCUT2D eigenvalue weighted by molar-refractivity contribution is 0.206. The van der Waals surface area contributed by atoms with Crippen molar-refractivity contribution in [1.29, 1.82) is 0 Å². The molecule has 0 bridgehead atoms. The van der Waals surface area contributed by atoms with Gasteiger partial charge in [-0.25, -0.2) is 0 Å². The molecule has 0 heterocycles. The summed E-state index contributed by atoms with van der Waals surface area (Å²) in [6.07, 6.45) is 0. The molecular formula is C12H19BrN2O. The van der Waals surface area contributed by atoms with Crippen LogP contribution in [0.5, 0.6) is 0 Å². The number of nitrogens with zero attached hydrogens (tertiary/aromatic N) is 1. The van der Waals surface area contributed by atoms with Gasteiger partial charge >= 0.3 is 0 Å². The van der Waals surface area contributed by atoms with Crippen molar-refractivity contribution >= 4 is 21.6 Å². The molecule has 0 amide bonds. The number of likely N-dealkylation sites (N-methyl/N-ethyl adjacent to an activating group) is 1. The van der Waals surface area contributed by atoms with Crippen molar-refractivity contribution < 1.29 is 4.74 Å². The van der Waals surface area contributed by atoms with Crippen LogP contribution in [0.25, 0.3) is 0 Å². The van der Waals surface area contributed by atoms with Crippen LogP contribution in [0.2, 0.25) is 0 Å². The second-order valence-electron chi connectivity index (χ2n) is 3.91. The maximum absolute atomic E-state index is 5.86. The fraction of sp³-hybridized carbons (Fsp3) is 0.500. The van der Waals surface area contributed by atoms with Crippen LogP contribution in [0.4, 0.5) is 5.69 Å². The summed E-state index contributed by atoms with van der Waals surface area (Å²) in [5.41, 5.74) is 8.15. The van der Waals surface area contributed by atoms with Crippen LogP contribution in [0.15, 0.2) is 22.7 Å². The lowest BCUT2D eigenvalue weighted by Crippen LogP contribution is -2.22. The zero-order chi connectivity index (χ0) is 12.1. The van der Waals surface area contributed by atoms with Gasteiger partial charge in [0.05, 0.1) is 6.61 Å². The molecule has 0 radical (unpaired) electrons. The van der Waals surface area contributed by atoms with Gasteiger partial charge in [-0.3, -0.25) is 0 Å². The molecule has 4 heteroatoms. The molecule has 1 aromatic rings. The Hall–Kier alpha value is -0.580. The van der Waals surface area contributed by atoms with Crippen LogP contribution in [0.1, 0.15) is 18.5 Å². The van der Waals surface area contributed by atoms with Gasteiger partial charge in [0.2, 0.25) is 0 Å². The predicted molar refractivity (Wildman–Crippen MR) is 71.9 cm³/mol. The molecule has 90 valence electrons. The molecule has 1 rings (SSSR count). The van der Waals surface area contributed by atoms with Gasteiger partial charge in [-0.05, 0) is 24.6 Å². The summed E-state index contributed by atoms with van der Waals surface area (Å²) in [4.78, 5) is 2.15. The molecule has 3 nitrogen and oxygen atoms in total. The van der Waals surface area contributed by atoms with Gasteiger partial charge in [-0.1, -0.05) is 22.0 Å². The first-order valence-corrected chi connectivity index (χ1v) is 6.10. The molecule has 2 N–H and O–H groups in total. The molecule has 0 aliphatic heterocycles. The maximum atomic E-state index is 5.86. The van der Waals surface area contributed by atoms with Crippen LogP contribution in [-0.4, -0.2) is 27.3 Å². The van der Waals surface area contributed by atoms with E-state index in [1.807, 2.05) is 14.0 Å². The first kappa shape index (κ1) is 13.5. The molecule has 0 aliphatic rings. The van der Waals surface area contributed by atoms with Gasteiger partial charge in [-0.2, -0.15) is 0 Å². The van der Waals surface area contributed by atoms with Crippen LogP contribution < -0.4 is 10.6 Å². The summed E-state index contributed by atoms with van der Waals surface area (Å²) in [7, 11) is 3.76. The molecule has 1 unspecified atom stereocenters. The molecule has 0 saturated heterocycles. The fourth-order valence-corrected chi connectivity index (χ4v) is 2.21. The highest BCUT2D eigenvalue weighted by molar-refractivity contribution is 9.10. The van der Waals surface area contributed by atoms with Crippen molar-refractivity contribution in [2.24, 2.45) is 5.73 Å². The SMILES string of the molecule is COCCN(C)c1ccc(C(C)N)c(Br)c1. The minimum atomic E-state index is 0.0488. The van der Waals surface area contributed by atoms with E-state index in [9.17, 15) is 0 Å². The van der Waals surface area contributed by atoms with E-state index < -0.39 is 0 Å². The average molecular weight is 287 g/mol. The normalized spacial score (nSPS) is 12.6. The molecule has 0 aromatic heterocycles. The number of hydrogen-bond donors (Lipinski definition) is 1. The Kier molecular flexibility index (Phi) is 5.25. The first-order chi connectivity index (χ1) is 7.56. The lowest BCUT2D eigenvalue weighted by Gasteiger charge is -2.20. The minimum Gasteiger partial charge on any atom is -0.383 e. The van der Waals surface area contributed by atoms with Gasteiger partial charge in [0.15, 0.2) is 0 Å². The van der Waals surface area contributed by atoms with E-state index in [4.69, 9.17) is 10.5 Å². The third kappa shape index (κ3) is 3.47. The van der Waals surface area contributed by atoms with Gasteiger partial charge in [0.1, 0.15) is 0 Å². The number of hydrogen-bond acceptors (Lipinski definition) is 3. The molecule has 16 heavy (non-hydrogen) atoms. The Morgan fingerprint density at radius 3 is 2.69 bits per heavy atom. The Balaban J connectivity index is 2.80. The molecule has 1 atom stereocenters. The summed E-state index contributed by atoms with van der Waals surface area (Å²) >= 11 is 3.55. The van der Waals surface area contributed by atoms with Gasteiger partial charge in [0, 0.05) is 36.9 Å². The van der Waals surface area contributed by atoms with E-state index in [2.05, 4.69) is 39.0 Å². The van der Waals surface area contributed by atoms with E-state index >= 15 is 0 Å². The lowest BCUT2D eigenvalue weighted by atomic mass is 10.1. The topological polar surface area (TPSA) is 38.5 Å².